The smallest absolute Gasteiger partial charge is 0.270 e. The van der Waals surface area contributed by atoms with Crippen molar-refractivity contribution in [1.82, 2.24) is 15.3 Å². The zero-order chi connectivity index (χ0) is 23.9. The van der Waals surface area contributed by atoms with Crippen molar-refractivity contribution in [1.29, 1.82) is 0 Å². The lowest BCUT2D eigenvalue weighted by Crippen LogP contribution is -2.46. The summed E-state index contributed by atoms with van der Waals surface area (Å²) in [5.41, 5.74) is 9.10. The highest BCUT2D eigenvalue weighted by Crippen LogP contribution is 2.25. The molecule has 2 aromatic heterocycles. The first kappa shape index (κ1) is 22.7. The molecule has 34 heavy (non-hydrogen) atoms. The lowest BCUT2D eigenvalue weighted by molar-refractivity contribution is -0.119. The van der Waals surface area contributed by atoms with Crippen LogP contribution < -0.4 is 15.8 Å². The number of aromatic nitrogens is 2. The highest BCUT2D eigenvalue weighted by Gasteiger charge is 2.20. The molecule has 0 radical (unpaired) electrons. The van der Waals surface area contributed by atoms with Gasteiger partial charge in [0, 0.05) is 24.4 Å². The number of hydrogen-bond acceptors (Lipinski definition) is 5. The van der Waals surface area contributed by atoms with Gasteiger partial charge in [-0.25, -0.2) is 4.98 Å². The molecule has 2 amide bonds. The van der Waals surface area contributed by atoms with Crippen LogP contribution in [0.2, 0.25) is 0 Å². The average Bonchev–Trinajstić information content (AvgIpc) is 2.86. The van der Waals surface area contributed by atoms with Crippen molar-refractivity contribution >= 4 is 11.8 Å². The summed E-state index contributed by atoms with van der Waals surface area (Å²) >= 11 is 0. The number of primary amides is 1. The fourth-order valence-electron chi connectivity index (χ4n) is 3.37. The molecule has 0 spiro atoms. The number of benzene rings is 2. The summed E-state index contributed by atoms with van der Waals surface area (Å²) in [4.78, 5) is 33.2. The first-order valence-electron chi connectivity index (χ1n) is 10.8. The van der Waals surface area contributed by atoms with Crippen LogP contribution in [0.15, 0.2) is 91.3 Å². The number of pyridine rings is 2. The molecule has 0 saturated carbocycles. The number of nitrogens with zero attached hydrogens (tertiary/aromatic N) is 2. The van der Waals surface area contributed by atoms with Crippen LogP contribution in [0.3, 0.4) is 0 Å². The molecule has 0 unspecified atom stereocenters. The van der Waals surface area contributed by atoms with Gasteiger partial charge in [-0.15, -0.1) is 0 Å². The molecule has 0 saturated heterocycles. The van der Waals surface area contributed by atoms with Crippen molar-refractivity contribution in [2.75, 3.05) is 0 Å². The summed E-state index contributed by atoms with van der Waals surface area (Å²) in [6.07, 6.45) is 3.52. The molecule has 4 rings (SSSR count). The zero-order valence-corrected chi connectivity index (χ0v) is 18.6. The minimum absolute atomic E-state index is 0.190. The molecule has 0 fully saturated rings. The predicted molar refractivity (Wildman–Crippen MR) is 129 cm³/mol. The summed E-state index contributed by atoms with van der Waals surface area (Å²) in [7, 11) is 0. The van der Waals surface area contributed by atoms with Gasteiger partial charge in [-0.1, -0.05) is 29.8 Å². The lowest BCUT2D eigenvalue weighted by atomic mass is 10.1. The van der Waals surface area contributed by atoms with E-state index in [9.17, 15) is 9.59 Å². The normalized spacial score (nSPS) is 11.4. The molecule has 2 aromatic carbocycles. The van der Waals surface area contributed by atoms with Crippen LogP contribution in [-0.4, -0.2) is 27.8 Å². The van der Waals surface area contributed by atoms with Crippen molar-refractivity contribution in [3.05, 3.63) is 108 Å². The van der Waals surface area contributed by atoms with Gasteiger partial charge in [-0.3, -0.25) is 14.6 Å². The molecular weight excluding hydrogens is 428 g/mol. The fourth-order valence-corrected chi connectivity index (χ4v) is 3.37. The van der Waals surface area contributed by atoms with Crippen LogP contribution >= 0.6 is 0 Å². The molecule has 3 N–H and O–H groups in total. The molecule has 0 aliphatic heterocycles. The summed E-state index contributed by atoms with van der Waals surface area (Å²) in [5, 5.41) is 2.68. The highest BCUT2D eigenvalue weighted by molar-refractivity contribution is 5.96. The molecule has 0 aliphatic carbocycles. The van der Waals surface area contributed by atoms with Gasteiger partial charge in [-0.2, -0.15) is 0 Å². The Balaban J connectivity index is 1.45. The molecule has 170 valence electrons. The first-order chi connectivity index (χ1) is 16.5. The Morgan fingerprint density at radius 1 is 0.941 bits per heavy atom. The topological polar surface area (TPSA) is 107 Å². The van der Waals surface area contributed by atoms with Crippen LogP contribution in [0.25, 0.3) is 11.3 Å². The van der Waals surface area contributed by atoms with Crippen molar-refractivity contribution in [3.8, 4) is 22.8 Å². The Kier molecular flexibility index (Phi) is 6.93. The summed E-state index contributed by atoms with van der Waals surface area (Å²) in [5.74, 6) is 0.345. The van der Waals surface area contributed by atoms with E-state index >= 15 is 0 Å². The Hall–Kier alpha value is -4.52. The molecule has 2 heterocycles. The number of ether oxygens (including phenoxy) is 1. The van der Waals surface area contributed by atoms with Crippen molar-refractivity contribution in [2.45, 2.75) is 19.4 Å². The van der Waals surface area contributed by atoms with E-state index in [0.717, 1.165) is 22.4 Å². The van der Waals surface area contributed by atoms with E-state index < -0.39 is 17.9 Å². The van der Waals surface area contributed by atoms with Gasteiger partial charge in [0.1, 0.15) is 23.2 Å². The number of hydrogen-bond donors (Lipinski definition) is 2. The van der Waals surface area contributed by atoms with Crippen LogP contribution in [0.4, 0.5) is 0 Å². The second-order valence-corrected chi connectivity index (χ2v) is 7.84. The fraction of sp³-hybridized carbons (Fsp3) is 0.111. The van der Waals surface area contributed by atoms with E-state index in [4.69, 9.17) is 10.5 Å². The number of nitrogens with one attached hydrogen (secondary N) is 1. The third kappa shape index (κ3) is 5.83. The maximum atomic E-state index is 12.8. The summed E-state index contributed by atoms with van der Waals surface area (Å²) in [6.45, 7) is 2.02. The number of carbonyl (C=O) groups excluding carboxylic acids is 2. The van der Waals surface area contributed by atoms with E-state index in [-0.39, 0.29) is 12.1 Å². The van der Waals surface area contributed by atoms with Gasteiger partial charge in [-0.05, 0) is 67.1 Å². The lowest BCUT2D eigenvalue weighted by Gasteiger charge is -2.15. The van der Waals surface area contributed by atoms with Gasteiger partial charge in [0.05, 0.1) is 5.69 Å². The predicted octanol–water partition coefficient (Wildman–Crippen LogP) is 4.07. The van der Waals surface area contributed by atoms with Crippen LogP contribution in [0.5, 0.6) is 11.5 Å². The van der Waals surface area contributed by atoms with Crippen LogP contribution in [-0.2, 0) is 11.2 Å². The molecular formula is C27H24N4O3. The van der Waals surface area contributed by atoms with Gasteiger partial charge in [0.2, 0.25) is 5.91 Å². The Morgan fingerprint density at radius 3 is 2.29 bits per heavy atom. The maximum Gasteiger partial charge on any atom is 0.270 e. The minimum atomic E-state index is -0.875. The van der Waals surface area contributed by atoms with E-state index in [0.29, 0.717) is 11.4 Å². The molecule has 0 bridgehead atoms. The van der Waals surface area contributed by atoms with Gasteiger partial charge < -0.3 is 15.8 Å². The Labute approximate surface area is 197 Å². The van der Waals surface area contributed by atoms with Crippen molar-refractivity contribution < 1.29 is 14.3 Å². The second kappa shape index (κ2) is 10.4. The Bertz CT molecular complexity index is 1270. The number of nitrogens with two attached hydrogens (primary N) is 1. The molecule has 4 aromatic rings. The van der Waals surface area contributed by atoms with Gasteiger partial charge in [0.15, 0.2) is 0 Å². The van der Waals surface area contributed by atoms with Crippen molar-refractivity contribution in [3.63, 3.8) is 0 Å². The minimum Gasteiger partial charge on any atom is -0.457 e. The molecule has 1 atom stereocenters. The number of carbonyl (C=O) groups is 2. The zero-order valence-electron chi connectivity index (χ0n) is 18.6. The molecule has 7 heteroatoms. The number of amides is 2. The maximum absolute atomic E-state index is 12.8. The van der Waals surface area contributed by atoms with E-state index in [1.807, 2.05) is 67.6 Å². The van der Waals surface area contributed by atoms with Gasteiger partial charge >= 0.3 is 0 Å². The monoisotopic (exact) mass is 452 g/mol. The number of aryl methyl sites for hydroxylation is 1. The van der Waals surface area contributed by atoms with Gasteiger partial charge in [0.25, 0.3) is 5.91 Å². The summed E-state index contributed by atoms with van der Waals surface area (Å²) < 4.78 is 5.87. The SMILES string of the molecule is Cc1ccc(Oc2ccc(-c3cccc(C(=O)N[C@@H](Cc4cccnc4)C(N)=O)n3)cc2)cc1. The third-order valence-electron chi connectivity index (χ3n) is 5.20. The Morgan fingerprint density at radius 2 is 1.65 bits per heavy atom. The third-order valence-corrected chi connectivity index (χ3v) is 5.20. The average molecular weight is 453 g/mol. The quantitative estimate of drug-likeness (QED) is 0.419. The second-order valence-electron chi connectivity index (χ2n) is 7.84. The molecule has 0 aliphatic rings. The van der Waals surface area contributed by atoms with Crippen LogP contribution in [0.1, 0.15) is 21.6 Å². The number of rotatable bonds is 8. The standard InChI is InChI=1S/C27H24N4O3/c1-18-7-11-21(12-8-18)34-22-13-9-20(10-14-22)23-5-2-6-24(30-23)27(33)31-25(26(28)32)16-19-4-3-15-29-17-19/h2-15,17,25H,16H2,1H3,(H2,28,32)(H,31,33)/t25-/m0/s1. The largest absolute Gasteiger partial charge is 0.457 e. The highest BCUT2D eigenvalue weighted by atomic mass is 16.5. The van der Waals surface area contributed by atoms with Crippen LogP contribution in [0, 0.1) is 6.92 Å². The van der Waals surface area contributed by atoms with E-state index in [2.05, 4.69) is 15.3 Å². The van der Waals surface area contributed by atoms with Crippen molar-refractivity contribution in [2.24, 2.45) is 5.73 Å². The van der Waals surface area contributed by atoms with E-state index in [1.165, 1.54) is 0 Å². The molecule has 7 nitrogen and oxygen atoms in total. The summed E-state index contributed by atoms with van der Waals surface area (Å²) in [6, 6.07) is 23.1. The van der Waals surface area contributed by atoms with E-state index in [1.54, 1.807) is 30.6 Å². The first-order valence-corrected chi connectivity index (χ1v) is 10.8.